The maximum absolute atomic E-state index is 14.0. The average molecular weight is 299 g/mol. The van der Waals surface area contributed by atoms with Crippen LogP contribution < -0.4 is 11.2 Å². The van der Waals surface area contributed by atoms with Crippen LogP contribution in [-0.2, 0) is 0 Å². The molecule has 0 fully saturated rings. The van der Waals surface area contributed by atoms with E-state index in [-0.39, 0.29) is 11.3 Å². The van der Waals surface area contributed by atoms with Gasteiger partial charge in [-0.1, -0.05) is 18.4 Å². The Morgan fingerprint density at radius 3 is 2.86 bits per heavy atom. The molecule has 0 aliphatic carbocycles. The molecule has 3 aromatic rings. The minimum absolute atomic E-state index is 0.168. The van der Waals surface area contributed by atoms with Crippen LogP contribution in [0.25, 0.3) is 11.0 Å². The lowest BCUT2D eigenvalue weighted by atomic mass is 9.74. The maximum atomic E-state index is 14.0. The van der Waals surface area contributed by atoms with Crippen LogP contribution in [0.1, 0.15) is 15.9 Å². The largest absolute Gasteiger partial charge is 0.396 e. The number of ketones is 1. The Bertz CT molecular complexity index is 892. The molecular formula is C15H12BF2N3O. The van der Waals surface area contributed by atoms with E-state index in [4.69, 9.17) is 5.73 Å². The zero-order chi connectivity index (χ0) is 15.9. The van der Waals surface area contributed by atoms with Gasteiger partial charge in [-0.05, 0) is 12.1 Å². The molecule has 4 nitrogen and oxygen atoms in total. The lowest BCUT2D eigenvalue weighted by molar-refractivity contribution is 0.103. The minimum atomic E-state index is -1.04. The second-order valence-corrected chi connectivity index (χ2v) is 4.95. The highest BCUT2D eigenvalue weighted by molar-refractivity contribution is 6.52. The van der Waals surface area contributed by atoms with E-state index in [1.54, 1.807) is 12.3 Å². The van der Waals surface area contributed by atoms with Gasteiger partial charge in [0.05, 0.1) is 11.3 Å². The van der Waals surface area contributed by atoms with Crippen molar-refractivity contribution in [2.45, 2.75) is 6.82 Å². The number of anilines is 1. The number of fused-ring (bicyclic) bond motifs is 1. The van der Waals surface area contributed by atoms with Crippen molar-refractivity contribution in [2.24, 2.45) is 0 Å². The van der Waals surface area contributed by atoms with Crippen molar-refractivity contribution in [3.8, 4) is 0 Å². The SMILES string of the molecule is CBc1cnc2[nH]cc(C(=O)c3c(F)ccc(N)c3F)c2c1. The zero-order valence-electron chi connectivity index (χ0n) is 11.8. The molecule has 0 aliphatic heterocycles. The van der Waals surface area contributed by atoms with E-state index in [0.717, 1.165) is 24.9 Å². The monoisotopic (exact) mass is 299 g/mol. The van der Waals surface area contributed by atoms with Gasteiger partial charge in [-0.25, -0.2) is 13.8 Å². The highest BCUT2D eigenvalue weighted by atomic mass is 19.1. The molecule has 1 aromatic carbocycles. The Labute approximate surface area is 125 Å². The highest BCUT2D eigenvalue weighted by Gasteiger charge is 2.23. The summed E-state index contributed by atoms with van der Waals surface area (Å²) < 4.78 is 27.9. The van der Waals surface area contributed by atoms with Crippen molar-refractivity contribution in [1.29, 1.82) is 0 Å². The maximum Gasteiger partial charge on any atom is 0.201 e. The second kappa shape index (κ2) is 5.25. The van der Waals surface area contributed by atoms with Crippen LogP contribution in [0.4, 0.5) is 14.5 Å². The summed E-state index contributed by atoms with van der Waals surface area (Å²) in [6, 6.07) is 3.86. The van der Waals surface area contributed by atoms with Crippen molar-refractivity contribution in [1.82, 2.24) is 9.97 Å². The number of pyridine rings is 1. The van der Waals surface area contributed by atoms with Gasteiger partial charge in [0.15, 0.2) is 13.1 Å². The lowest BCUT2D eigenvalue weighted by Crippen LogP contribution is -2.12. The molecular weight excluding hydrogens is 287 g/mol. The van der Waals surface area contributed by atoms with Crippen LogP contribution in [0.15, 0.2) is 30.6 Å². The van der Waals surface area contributed by atoms with Gasteiger partial charge >= 0.3 is 0 Å². The third-order valence-corrected chi connectivity index (χ3v) is 3.59. The van der Waals surface area contributed by atoms with Gasteiger partial charge in [0.2, 0.25) is 5.78 Å². The van der Waals surface area contributed by atoms with Crippen molar-refractivity contribution in [3.05, 3.63) is 53.4 Å². The molecule has 0 unspecified atom stereocenters. The summed E-state index contributed by atoms with van der Waals surface area (Å²) in [5.41, 5.74) is 6.09. The molecule has 0 atom stereocenters. The quantitative estimate of drug-likeness (QED) is 0.440. The van der Waals surface area contributed by atoms with E-state index in [1.807, 2.05) is 6.82 Å². The Kier molecular flexibility index (Phi) is 3.40. The number of halogens is 2. The van der Waals surface area contributed by atoms with Gasteiger partial charge in [-0.2, -0.15) is 0 Å². The number of hydrogen-bond donors (Lipinski definition) is 2. The predicted octanol–water partition coefficient (Wildman–Crippen LogP) is 1.76. The smallest absolute Gasteiger partial charge is 0.201 e. The number of hydrogen-bond acceptors (Lipinski definition) is 3. The fourth-order valence-corrected chi connectivity index (χ4v) is 2.34. The molecule has 0 radical (unpaired) electrons. The Morgan fingerprint density at radius 1 is 1.36 bits per heavy atom. The number of nitrogen functional groups attached to an aromatic ring is 1. The normalized spacial score (nSPS) is 10.9. The fraction of sp³-hybridized carbons (Fsp3) is 0.0667. The molecule has 22 heavy (non-hydrogen) atoms. The van der Waals surface area contributed by atoms with E-state index >= 15 is 0 Å². The number of nitrogens with zero attached hydrogens (tertiary/aromatic N) is 1. The average Bonchev–Trinajstić information content (AvgIpc) is 2.94. The Balaban J connectivity index is 2.20. The minimum Gasteiger partial charge on any atom is -0.396 e. The summed E-state index contributed by atoms with van der Waals surface area (Å²) in [6.07, 6.45) is 3.09. The molecule has 0 spiro atoms. The van der Waals surface area contributed by atoms with E-state index < -0.39 is 23.0 Å². The molecule has 0 aliphatic rings. The van der Waals surface area contributed by atoms with E-state index in [2.05, 4.69) is 9.97 Å². The van der Waals surface area contributed by atoms with Crippen LogP contribution in [0.3, 0.4) is 0 Å². The summed E-state index contributed by atoms with van der Waals surface area (Å²) in [4.78, 5) is 19.6. The van der Waals surface area contributed by atoms with Gasteiger partial charge in [-0.3, -0.25) is 4.79 Å². The number of H-pyrrole nitrogens is 1. The van der Waals surface area contributed by atoms with Gasteiger partial charge in [0, 0.05) is 23.3 Å². The number of carbonyl (C=O) groups excluding carboxylic acids is 1. The van der Waals surface area contributed by atoms with E-state index in [9.17, 15) is 13.6 Å². The molecule has 0 bridgehead atoms. The lowest BCUT2D eigenvalue weighted by Gasteiger charge is -2.06. The molecule has 7 heteroatoms. The standard InChI is InChI=1S/C15H12BF2N3O/c1-16-7-4-8-9(6-21-15(8)20-5-7)14(22)12-10(17)2-3-11(19)13(12)18/h2-6,16H,19H2,1H3,(H,20,21). The molecule has 0 amide bonds. The number of nitrogens with two attached hydrogens (primary N) is 1. The van der Waals surface area contributed by atoms with Crippen molar-refractivity contribution in [3.63, 3.8) is 0 Å². The van der Waals surface area contributed by atoms with Gasteiger partial charge in [0.1, 0.15) is 11.5 Å². The number of rotatable bonds is 3. The first-order valence-electron chi connectivity index (χ1n) is 6.77. The first-order chi connectivity index (χ1) is 10.5. The zero-order valence-corrected chi connectivity index (χ0v) is 11.8. The number of aromatic nitrogens is 2. The summed E-state index contributed by atoms with van der Waals surface area (Å²) in [5, 5.41) is 0.533. The van der Waals surface area contributed by atoms with Crippen LogP contribution in [0, 0.1) is 11.6 Å². The second-order valence-electron chi connectivity index (χ2n) is 4.95. The van der Waals surface area contributed by atoms with Gasteiger partial charge in [0.25, 0.3) is 0 Å². The topological polar surface area (TPSA) is 71.8 Å². The van der Waals surface area contributed by atoms with Gasteiger partial charge in [-0.15, -0.1) is 0 Å². The molecule has 3 N–H and O–H groups in total. The van der Waals surface area contributed by atoms with E-state index in [0.29, 0.717) is 11.0 Å². The first-order valence-corrected chi connectivity index (χ1v) is 6.77. The number of benzene rings is 1. The molecule has 0 saturated heterocycles. The van der Waals surface area contributed by atoms with Crippen LogP contribution >= 0.6 is 0 Å². The third-order valence-electron chi connectivity index (χ3n) is 3.59. The summed E-state index contributed by atoms with van der Waals surface area (Å²) >= 11 is 0. The number of carbonyl (C=O) groups is 1. The Morgan fingerprint density at radius 2 is 2.14 bits per heavy atom. The number of aromatic amines is 1. The fourth-order valence-electron chi connectivity index (χ4n) is 2.34. The van der Waals surface area contributed by atoms with Crippen LogP contribution in [0.5, 0.6) is 0 Å². The highest BCUT2D eigenvalue weighted by Crippen LogP contribution is 2.25. The van der Waals surface area contributed by atoms with Crippen molar-refractivity contribution >= 4 is 35.2 Å². The summed E-state index contributed by atoms with van der Waals surface area (Å²) in [5.74, 6) is -2.74. The Hall–Kier alpha value is -2.70. The van der Waals surface area contributed by atoms with E-state index in [1.165, 1.54) is 6.20 Å². The number of nitrogens with one attached hydrogen (secondary N) is 1. The van der Waals surface area contributed by atoms with Crippen LogP contribution in [-0.4, -0.2) is 23.0 Å². The summed E-state index contributed by atoms with van der Waals surface area (Å²) in [7, 11) is 0.739. The summed E-state index contributed by atoms with van der Waals surface area (Å²) in [6.45, 7) is 1.95. The first kappa shape index (κ1) is 14.3. The molecule has 110 valence electrons. The van der Waals surface area contributed by atoms with Crippen molar-refractivity contribution < 1.29 is 13.6 Å². The molecule has 3 rings (SSSR count). The molecule has 0 saturated carbocycles. The van der Waals surface area contributed by atoms with Crippen molar-refractivity contribution in [2.75, 3.05) is 5.73 Å². The molecule has 2 heterocycles. The molecule has 2 aromatic heterocycles. The predicted molar refractivity (Wildman–Crippen MR) is 82.9 cm³/mol. The van der Waals surface area contributed by atoms with Crippen LogP contribution in [0.2, 0.25) is 6.82 Å². The third kappa shape index (κ3) is 2.15. The van der Waals surface area contributed by atoms with Gasteiger partial charge < -0.3 is 10.7 Å².